The molecule has 10 heteroatoms. The molecule has 0 aliphatic carbocycles. The van der Waals surface area contributed by atoms with E-state index in [1.54, 1.807) is 42.5 Å². The normalized spacial score (nSPS) is 19.8. The van der Waals surface area contributed by atoms with Crippen LogP contribution in [0.3, 0.4) is 0 Å². The fourth-order valence-electron chi connectivity index (χ4n) is 4.82. The van der Waals surface area contributed by atoms with Gasteiger partial charge >= 0.3 is 5.91 Å². The van der Waals surface area contributed by atoms with E-state index < -0.39 is 17.7 Å². The van der Waals surface area contributed by atoms with Crippen LogP contribution in [0.15, 0.2) is 82.7 Å². The van der Waals surface area contributed by atoms with Crippen LogP contribution < -0.4 is 9.64 Å². The van der Waals surface area contributed by atoms with Gasteiger partial charge in [-0.3, -0.25) is 14.5 Å². The van der Waals surface area contributed by atoms with Crippen LogP contribution in [-0.4, -0.2) is 33.1 Å². The number of fused-ring (bicyclic) bond motifs is 1. The summed E-state index contributed by atoms with van der Waals surface area (Å²) in [6.07, 6.45) is 0.720. The van der Waals surface area contributed by atoms with Crippen LogP contribution in [0.1, 0.15) is 35.2 Å². The van der Waals surface area contributed by atoms with Crippen molar-refractivity contribution >= 4 is 57.3 Å². The molecule has 0 saturated carbocycles. The summed E-state index contributed by atoms with van der Waals surface area (Å²) in [6.45, 7) is 1.97. The van der Waals surface area contributed by atoms with E-state index in [0.29, 0.717) is 32.7 Å². The molecular weight excluding hydrogens is 554 g/mol. The van der Waals surface area contributed by atoms with Crippen molar-refractivity contribution in [2.75, 3.05) is 4.90 Å². The number of ketones is 1. The molecule has 4 aromatic rings. The Morgan fingerprint density at radius 2 is 1.92 bits per heavy atom. The van der Waals surface area contributed by atoms with Crippen LogP contribution in [0.25, 0.3) is 5.76 Å². The molecule has 7 nitrogen and oxygen atoms in total. The summed E-state index contributed by atoms with van der Waals surface area (Å²) in [5.74, 6) is -0.398. The third kappa shape index (κ3) is 4.93. The van der Waals surface area contributed by atoms with E-state index in [0.717, 1.165) is 16.9 Å². The predicted octanol–water partition coefficient (Wildman–Crippen LogP) is 6.43. The van der Waals surface area contributed by atoms with Gasteiger partial charge in [-0.25, -0.2) is 0 Å². The number of aromatic nitrogens is 2. The van der Waals surface area contributed by atoms with Crippen LogP contribution in [0.4, 0.5) is 5.13 Å². The molecule has 2 atom stereocenters. The topological polar surface area (TPSA) is 92.6 Å². The Hall–Kier alpha value is -3.66. The third-order valence-corrected chi connectivity index (χ3v) is 8.95. The summed E-state index contributed by atoms with van der Waals surface area (Å²) >= 11 is 9.03. The highest BCUT2D eigenvalue weighted by atomic mass is 35.5. The molecule has 196 valence electrons. The first-order valence-electron chi connectivity index (χ1n) is 12.3. The number of aliphatic hydroxyl groups excluding tert-OH is 1. The van der Waals surface area contributed by atoms with Gasteiger partial charge in [-0.05, 0) is 53.9 Å². The minimum atomic E-state index is -0.924. The van der Waals surface area contributed by atoms with Gasteiger partial charge in [0.2, 0.25) is 5.13 Å². The first-order valence-corrected chi connectivity index (χ1v) is 14.4. The van der Waals surface area contributed by atoms with Crippen molar-refractivity contribution in [3.8, 4) is 5.75 Å². The van der Waals surface area contributed by atoms with Gasteiger partial charge in [0.05, 0.1) is 11.6 Å². The second kappa shape index (κ2) is 10.5. The SMILES string of the molecule is CC1Cc2cc(C(O)=C3C(=O)C(=O)N(c4nnc(SCc5ccccc5)s4)C3c3cccc(Cl)c3)ccc2O1. The molecule has 3 aromatic carbocycles. The molecule has 6 rings (SSSR count). The first kappa shape index (κ1) is 25.6. The number of carbonyl (C=O) groups excluding carboxylic acids is 2. The Bertz CT molecular complexity index is 1620. The number of Topliss-reactive ketones (excluding diaryl/α,β-unsaturated/α-hetero) is 1. The van der Waals surface area contributed by atoms with Crippen LogP contribution in [0.2, 0.25) is 5.02 Å². The summed E-state index contributed by atoms with van der Waals surface area (Å²) in [7, 11) is 0. The number of nitrogens with zero attached hydrogens (tertiary/aromatic N) is 3. The molecule has 1 amide bonds. The lowest BCUT2D eigenvalue weighted by atomic mass is 9.94. The van der Waals surface area contributed by atoms with Gasteiger partial charge in [-0.2, -0.15) is 0 Å². The second-order valence-corrected chi connectivity index (χ2v) is 11.9. The van der Waals surface area contributed by atoms with Crippen LogP contribution in [0, 0.1) is 0 Å². The average molecular weight is 576 g/mol. The number of aliphatic hydroxyl groups is 1. The number of ether oxygens (including phenoxy) is 1. The van der Waals surface area contributed by atoms with E-state index in [2.05, 4.69) is 10.2 Å². The molecule has 2 aliphatic heterocycles. The first-order chi connectivity index (χ1) is 18.9. The number of halogens is 1. The number of hydrogen-bond acceptors (Lipinski definition) is 8. The predicted molar refractivity (Wildman–Crippen MR) is 152 cm³/mol. The largest absolute Gasteiger partial charge is 0.507 e. The molecule has 3 heterocycles. The van der Waals surface area contributed by atoms with Crippen molar-refractivity contribution in [1.82, 2.24) is 10.2 Å². The number of benzene rings is 3. The molecule has 1 N–H and O–H groups in total. The highest BCUT2D eigenvalue weighted by molar-refractivity contribution is 8.00. The van der Waals surface area contributed by atoms with Gasteiger partial charge in [0.1, 0.15) is 17.6 Å². The van der Waals surface area contributed by atoms with Gasteiger partial charge in [-0.1, -0.05) is 77.2 Å². The summed E-state index contributed by atoms with van der Waals surface area (Å²) < 4.78 is 6.44. The number of amides is 1. The summed E-state index contributed by atoms with van der Waals surface area (Å²) in [5, 5.41) is 20.7. The molecule has 1 saturated heterocycles. The van der Waals surface area contributed by atoms with E-state index >= 15 is 0 Å². The number of thioether (sulfide) groups is 1. The summed E-state index contributed by atoms with van der Waals surface area (Å²) in [6, 6.07) is 21.2. The molecule has 1 aromatic heterocycles. The van der Waals surface area contributed by atoms with Gasteiger partial charge in [0.15, 0.2) is 4.34 Å². The molecular formula is C29H22ClN3O4S2. The highest BCUT2D eigenvalue weighted by Gasteiger charge is 2.48. The van der Waals surface area contributed by atoms with Crippen molar-refractivity contribution < 1.29 is 19.4 Å². The molecule has 1 fully saturated rings. The lowest BCUT2D eigenvalue weighted by Crippen LogP contribution is -2.29. The number of hydrogen-bond donors (Lipinski definition) is 1. The fourth-order valence-corrected chi connectivity index (χ4v) is 6.85. The summed E-state index contributed by atoms with van der Waals surface area (Å²) in [5.41, 5.74) is 3.06. The Balaban J connectivity index is 1.40. The Morgan fingerprint density at radius 3 is 2.72 bits per heavy atom. The minimum absolute atomic E-state index is 0.0251. The maximum absolute atomic E-state index is 13.5. The average Bonchev–Trinajstić information content (AvgIpc) is 3.62. The standard InChI is InChI=1S/C29H22ClN3O4S2/c1-16-12-20-13-19(10-11-22(20)37-16)25(34)23-24(18-8-5-9-21(30)14-18)33(27(36)26(23)35)28-31-32-29(39-28)38-15-17-6-3-2-4-7-17/h2-11,13-14,16,24,34H,12,15H2,1H3. The fraction of sp³-hybridized carbons (Fsp3) is 0.172. The van der Waals surface area contributed by atoms with Crippen molar-refractivity contribution in [1.29, 1.82) is 0 Å². The van der Waals surface area contributed by atoms with E-state index in [1.807, 2.05) is 37.3 Å². The zero-order valence-corrected chi connectivity index (χ0v) is 23.1. The molecule has 0 radical (unpaired) electrons. The lowest BCUT2D eigenvalue weighted by molar-refractivity contribution is -0.132. The van der Waals surface area contributed by atoms with E-state index in [1.165, 1.54) is 28.0 Å². The van der Waals surface area contributed by atoms with Crippen molar-refractivity contribution in [2.24, 2.45) is 0 Å². The maximum atomic E-state index is 13.5. The molecule has 0 spiro atoms. The number of rotatable bonds is 6. The van der Waals surface area contributed by atoms with Gasteiger partial charge in [0, 0.05) is 22.8 Å². The molecule has 2 unspecified atom stereocenters. The van der Waals surface area contributed by atoms with Crippen molar-refractivity contribution in [3.63, 3.8) is 0 Å². The van der Waals surface area contributed by atoms with Crippen LogP contribution in [-0.2, 0) is 21.8 Å². The molecule has 2 aliphatic rings. The smallest absolute Gasteiger partial charge is 0.301 e. The van der Waals surface area contributed by atoms with Crippen molar-refractivity contribution in [2.45, 2.75) is 35.6 Å². The van der Waals surface area contributed by atoms with E-state index in [9.17, 15) is 14.7 Å². The number of carbonyl (C=O) groups is 2. The quantitative estimate of drug-likeness (QED) is 0.0930. The second-order valence-electron chi connectivity index (χ2n) is 9.30. The third-order valence-electron chi connectivity index (χ3n) is 6.59. The van der Waals surface area contributed by atoms with Crippen LogP contribution >= 0.6 is 34.7 Å². The van der Waals surface area contributed by atoms with Crippen molar-refractivity contribution in [3.05, 3.63) is 106 Å². The van der Waals surface area contributed by atoms with Gasteiger partial charge in [-0.15, -0.1) is 10.2 Å². The zero-order valence-electron chi connectivity index (χ0n) is 20.7. The Morgan fingerprint density at radius 1 is 1.10 bits per heavy atom. The van der Waals surface area contributed by atoms with E-state index in [-0.39, 0.29) is 22.6 Å². The Kier molecular flexibility index (Phi) is 6.88. The van der Waals surface area contributed by atoms with Gasteiger partial charge in [0.25, 0.3) is 5.78 Å². The lowest BCUT2D eigenvalue weighted by Gasteiger charge is -2.22. The van der Waals surface area contributed by atoms with E-state index in [4.69, 9.17) is 16.3 Å². The number of anilines is 1. The molecule has 39 heavy (non-hydrogen) atoms. The van der Waals surface area contributed by atoms with Gasteiger partial charge < -0.3 is 9.84 Å². The maximum Gasteiger partial charge on any atom is 0.301 e. The zero-order chi connectivity index (χ0) is 27.1. The summed E-state index contributed by atoms with van der Waals surface area (Å²) in [4.78, 5) is 28.2. The minimum Gasteiger partial charge on any atom is -0.507 e. The highest BCUT2D eigenvalue weighted by Crippen LogP contribution is 2.45. The Labute approximate surface area is 238 Å². The van der Waals surface area contributed by atoms with Crippen LogP contribution in [0.5, 0.6) is 5.75 Å². The monoisotopic (exact) mass is 575 g/mol. The molecule has 0 bridgehead atoms.